The first-order valence-corrected chi connectivity index (χ1v) is 5.18. The van der Waals surface area contributed by atoms with E-state index in [1.165, 1.54) is 16.1 Å². The largest absolute Gasteiger partial charge is 0.374 e. The maximum Gasteiger partial charge on any atom is 0.0659 e. The van der Waals surface area contributed by atoms with E-state index in [1.54, 1.807) is 0 Å². The molecule has 1 aromatic heterocycles. The highest BCUT2D eigenvalue weighted by molar-refractivity contribution is 7.99. The van der Waals surface area contributed by atoms with Crippen LogP contribution in [0.5, 0.6) is 0 Å². The van der Waals surface area contributed by atoms with Crippen LogP contribution >= 0.6 is 11.8 Å². The normalized spacial score (nSPS) is 12.6. The number of rotatable bonds is 0. The monoisotopic (exact) mass is 182 g/mol. The zero-order valence-corrected chi connectivity index (χ0v) is 8.53. The summed E-state index contributed by atoms with van der Waals surface area (Å²) in [6, 6.07) is 0. The van der Waals surface area contributed by atoms with Crippen LogP contribution in [0.25, 0.3) is 0 Å². The van der Waals surface area contributed by atoms with E-state index in [9.17, 15) is 0 Å². The second-order valence-electron chi connectivity index (χ2n) is 2.29. The number of aromatic nitrogens is 1. The van der Waals surface area contributed by atoms with Gasteiger partial charge in [0.1, 0.15) is 0 Å². The average Bonchev–Trinajstić information content (AvgIpc) is 2.57. The van der Waals surface area contributed by atoms with Gasteiger partial charge < -0.3 is 5.32 Å². The van der Waals surface area contributed by atoms with Gasteiger partial charge in [-0.25, -0.2) is 0 Å². The Balaban J connectivity index is 0.000000336. The van der Waals surface area contributed by atoms with Crippen LogP contribution in [-0.4, -0.2) is 10.9 Å². The van der Waals surface area contributed by atoms with Gasteiger partial charge in [-0.3, -0.25) is 4.98 Å². The number of nitrogens with zero attached hydrogens (tertiary/aromatic N) is 1. The van der Waals surface area contributed by atoms with E-state index >= 15 is 0 Å². The number of pyridine rings is 1. The van der Waals surface area contributed by atoms with Crippen molar-refractivity contribution in [1.82, 2.24) is 4.98 Å². The zero-order chi connectivity index (χ0) is 8.97. The van der Waals surface area contributed by atoms with E-state index in [4.69, 9.17) is 0 Å². The predicted octanol–water partition coefficient (Wildman–Crippen LogP) is 2.89. The molecule has 0 fully saturated rings. The summed E-state index contributed by atoms with van der Waals surface area (Å²) in [5.41, 5.74) is 2.50. The third-order valence-corrected chi connectivity index (χ3v) is 2.49. The van der Waals surface area contributed by atoms with Gasteiger partial charge in [0.15, 0.2) is 0 Å². The lowest BCUT2D eigenvalue weighted by molar-refractivity contribution is 1.20. The Morgan fingerprint density at radius 2 is 2.17 bits per heavy atom. The molecule has 2 heterocycles. The van der Waals surface area contributed by atoms with E-state index in [0.29, 0.717) is 0 Å². The Morgan fingerprint density at radius 3 is 2.83 bits per heavy atom. The van der Waals surface area contributed by atoms with Crippen molar-refractivity contribution in [3.8, 4) is 0 Å². The molecule has 2 nitrogen and oxygen atoms in total. The van der Waals surface area contributed by atoms with Crippen molar-refractivity contribution >= 4 is 17.4 Å². The third-order valence-electron chi connectivity index (χ3n) is 1.58. The van der Waals surface area contributed by atoms with E-state index in [0.717, 1.165) is 5.88 Å². The summed E-state index contributed by atoms with van der Waals surface area (Å²) < 4.78 is 0. The number of fused-ring (bicyclic) bond motifs is 1. The van der Waals surface area contributed by atoms with Crippen LogP contribution in [0.3, 0.4) is 0 Å². The molecule has 0 saturated carbocycles. The molecule has 1 aromatic rings. The summed E-state index contributed by atoms with van der Waals surface area (Å²) >= 11 is 1.81. The van der Waals surface area contributed by atoms with Gasteiger partial charge in [-0.2, -0.15) is 0 Å². The molecule has 1 aliphatic rings. The summed E-state index contributed by atoms with van der Waals surface area (Å²) in [5.74, 6) is 0.988. The van der Waals surface area contributed by atoms with Crippen LogP contribution in [0.4, 0.5) is 5.69 Å². The molecule has 0 atom stereocenters. The van der Waals surface area contributed by atoms with Crippen molar-refractivity contribution in [3.63, 3.8) is 0 Å². The van der Waals surface area contributed by atoms with Crippen molar-refractivity contribution in [1.29, 1.82) is 0 Å². The number of hydrogen-bond acceptors (Lipinski definition) is 3. The first-order valence-electron chi connectivity index (χ1n) is 4.19. The third kappa shape index (κ3) is 1.72. The summed E-state index contributed by atoms with van der Waals surface area (Å²) in [6.45, 7) is 6.07. The van der Waals surface area contributed by atoms with Crippen molar-refractivity contribution < 1.29 is 0 Å². The highest BCUT2D eigenvalue weighted by Crippen LogP contribution is 2.34. The van der Waals surface area contributed by atoms with Gasteiger partial charge in [0, 0.05) is 12.4 Å². The Labute approximate surface area is 77.8 Å². The fraction of sp³-hybridized carbons (Fsp3) is 0.444. The lowest BCUT2D eigenvalue weighted by Crippen LogP contribution is -1.91. The van der Waals surface area contributed by atoms with E-state index < -0.39 is 0 Å². The first kappa shape index (κ1) is 9.39. The van der Waals surface area contributed by atoms with Crippen LogP contribution < -0.4 is 5.32 Å². The molecule has 0 aromatic carbocycles. The van der Waals surface area contributed by atoms with Crippen molar-refractivity contribution in [3.05, 3.63) is 18.0 Å². The second kappa shape index (κ2) is 4.36. The number of hydrogen-bond donors (Lipinski definition) is 1. The smallest absolute Gasteiger partial charge is 0.0659 e. The number of anilines is 1. The SMILES string of the molecule is CC.Cc1cncc2c1NCS2. The quantitative estimate of drug-likeness (QED) is 0.668. The molecule has 0 amide bonds. The average molecular weight is 182 g/mol. The number of aryl methyl sites for hydroxylation is 1. The molecule has 0 radical (unpaired) electrons. The van der Waals surface area contributed by atoms with Gasteiger partial charge in [-0.1, -0.05) is 13.8 Å². The molecule has 2 rings (SSSR count). The Bertz CT molecular complexity index is 261. The molecule has 0 saturated heterocycles. The highest BCUT2D eigenvalue weighted by Gasteiger charge is 2.11. The van der Waals surface area contributed by atoms with Crippen LogP contribution in [0.1, 0.15) is 19.4 Å². The molecule has 0 spiro atoms. The lowest BCUT2D eigenvalue weighted by atomic mass is 10.3. The summed E-state index contributed by atoms with van der Waals surface area (Å²) in [5, 5.41) is 3.29. The van der Waals surface area contributed by atoms with E-state index in [-0.39, 0.29) is 0 Å². The molecule has 66 valence electrons. The first-order chi connectivity index (χ1) is 5.88. The fourth-order valence-electron chi connectivity index (χ4n) is 1.06. The standard InChI is InChI=1S/C7H8N2S.C2H6/c1-5-2-8-3-6-7(5)9-4-10-6;1-2/h2-3,9H,4H2,1H3;1-2H3. The number of thioether (sulfide) groups is 1. The Hall–Kier alpha value is -0.700. The Kier molecular flexibility index (Phi) is 3.41. The minimum absolute atomic E-state index is 0.988. The predicted molar refractivity (Wildman–Crippen MR) is 54.7 cm³/mol. The van der Waals surface area contributed by atoms with Crippen LogP contribution in [0, 0.1) is 6.92 Å². The number of nitrogens with one attached hydrogen (secondary N) is 1. The molecule has 0 aliphatic carbocycles. The van der Waals surface area contributed by atoms with Gasteiger partial charge in [0.2, 0.25) is 0 Å². The minimum atomic E-state index is 0.988. The molecule has 12 heavy (non-hydrogen) atoms. The Morgan fingerprint density at radius 1 is 1.42 bits per heavy atom. The van der Waals surface area contributed by atoms with Crippen molar-refractivity contribution in [2.45, 2.75) is 25.7 Å². The molecule has 0 bridgehead atoms. The molecule has 0 unspecified atom stereocenters. The molecule has 1 N–H and O–H groups in total. The zero-order valence-electron chi connectivity index (χ0n) is 7.72. The van der Waals surface area contributed by atoms with Gasteiger partial charge in [-0.15, -0.1) is 11.8 Å². The molecular formula is C9H14N2S. The lowest BCUT2D eigenvalue weighted by Gasteiger charge is -1.99. The van der Waals surface area contributed by atoms with E-state index in [2.05, 4.69) is 17.2 Å². The summed E-state index contributed by atoms with van der Waals surface area (Å²) in [6.07, 6.45) is 3.80. The maximum absolute atomic E-state index is 4.10. The van der Waals surface area contributed by atoms with Gasteiger partial charge in [0.05, 0.1) is 16.5 Å². The second-order valence-corrected chi connectivity index (χ2v) is 3.31. The van der Waals surface area contributed by atoms with Crippen molar-refractivity contribution in [2.75, 3.05) is 11.2 Å². The summed E-state index contributed by atoms with van der Waals surface area (Å²) in [7, 11) is 0. The van der Waals surface area contributed by atoms with E-state index in [1.807, 2.05) is 38.0 Å². The summed E-state index contributed by atoms with van der Waals surface area (Å²) in [4.78, 5) is 5.37. The molecule has 1 aliphatic heterocycles. The minimum Gasteiger partial charge on any atom is -0.374 e. The van der Waals surface area contributed by atoms with Gasteiger partial charge in [-0.05, 0) is 12.5 Å². The fourth-order valence-corrected chi connectivity index (χ4v) is 1.95. The van der Waals surface area contributed by atoms with Gasteiger partial charge in [0.25, 0.3) is 0 Å². The van der Waals surface area contributed by atoms with Gasteiger partial charge >= 0.3 is 0 Å². The van der Waals surface area contributed by atoms with Crippen LogP contribution in [-0.2, 0) is 0 Å². The van der Waals surface area contributed by atoms with Crippen LogP contribution in [0.15, 0.2) is 17.3 Å². The topological polar surface area (TPSA) is 24.9 Å². The van der Waals surface area contributed by atoms with Crippen LogP contribution in [0.2, 0.25) is 0 Å². The highest BCUT2D eigenvalue weighted by atomic mass is 32.2. The molecular weight excluding hydrogens is 168 g/mol. The maximum atomic E-state index is 4.10. The molecule has 3 heteroatoms. The van der Waals surface area contributed by atoms with Crippen molar-refractivity contribution in [2.24, 2.45) is 0 Å².